The largest absolute Gasteiger partial charge is 0.478 e. The van der Waals surface area contributed by atoms with Crippen molar-refractivity contribution in [3.8, 4) is 5.88 Å². The van der Waals surface area contributed by atoms with Gasteiger partial charge in [0, 0.05) is 37.3 Å². The summed E-state index contributed by atoms with van der Waals surface area (Å²) in [5, 5.41) is 11.8. The van der Waals surface area contributed by atoms with E-state index in [1.165, 1.54) is 6.08 Å². The molecule has 2 N–H and O–H groups in total. The summed E-state index contributed by atoms with van der Waals surface area (Å²) in [6.07, 6.45) is 5.62. The summed E-state index contributed by atoms with van der Waals surface area (Å²) in [5.41, 5.74) is 1.60. The molecule has 2 fully saturated rings. The highest BCUT2D eigenvalue weighted by atomic mass is 19.1. The second-order valence-corrected chi connectivity index (χ2v) is 8.69. The number of nitrogens with zero attached hydrogens (tertiary/aromatic N) is 1. The van der Waals surface area contributed by atoms with E-state index in [-0.39, 0.29) is 36.2 Å². The highest BCUT2D eigenvalue weighted by Crippen LogP contribution is 2.45. The molecule has 1 saturated heterocycles. The predicted octanol–water partition coefficient (Wildman–Crippen LogP) is 3.46. The molecule has 5 atom stereocenters. The summed E-state index contributed by atoms with van der Waals surface area (Å²) in [6, 6.07) is 12.9. The lowest BCUT2D eigenvalue weighted by atomic mass is 9.64. The lowest BCUT2D eigenvalue weighted by Crippen LogP contribution is -2.57. The summed E-state index contributed by atoms with van der Waals surface area (Å²) in [6.45, 7) is 0.423. The van der Waals surface area contributed by atoms with Gasteiger partial charge in [0.15, 0.2) is 5.78 Å². The van der Waals surface area contributed by atoms with Gasteiger partial charge in [-0.25, -0.2) is 9.37 Å². The standard InChI is InChI=1S/C26H29FN2O4/c27-19-9-10-21-20(15-19)24(18-5-2-1-3-6-18)25(26(32)29-21)22(31)11-7-17-8-12-23(28-16-17)33-14-4-13-30/h1-3,5-8,11-12,16,19-21,24-25,30H,4,9-10,13-15H2,(H,29,32)/b11-7+. The number of aliphatic hydroxyl groups excluding tert-OH is 1. The molecule has 0 radical (unpaired) electrons. The molecule has 4 rings (SSSR count). The minimum Gasteiger partial charge on any atom is -0.478 e. The summed E-state index contributed by atoms with van der Waals surface area (Å²) >= 11 is 0. The lowest BCUT2D eigenvalue weighted by Gasteiger charge is -2.45. The molecule has 2 heterocycles. The number of rotatable bonds is 8. The SMILES string of the molecule is O=C(/C=C/c1ccc(OCCCO)nc1)C1C(=O)NC2CCC(F)CC2C1c1ccccc1. The highest BCUT2D eigenvalue weighted by Gasteiger charge is 2.49. The van der Waals surface area contributed by atoms with Gasteiger partial charge in [-0.15, -0.1) is 0 Å². The van der Waals surface area contributed by atoms with Crippen LogP contribution in [0.15, 0.2) is 54.7 Å². The van der Waals surface area contributed by atoms with Gasteiger partial charge in [0.25, 0.3) is 0 Å². The summed E-state index contributed by atoms with van der Waals surface area (Å²) in [7, 11) is 0. The number of amides is 1. The Kier molecular flexibility index (Phi) is 7.50. The summed E-state index contributed by atoms with van der Waals surface area (Å²) in [4.78, 5) is 30.5. The number of ketones is 1. The van der Waals surface area contributed by atoms with Crippen molar-refractivity contribution in [1.82, 2.24) is 10.3 Å². The predicted molar refractivity (Wildman–Crippen MR) is 122 cm³/mol. The average molecular weight is 453 g/mol. The van der Waals surface area contributed by atoms with Crippen molar-refractivity contribution in [3.05, 3.63) is 65.9 Å². The molecule has 33 heavy (non-hydrogen) atoms. The molecule has 1 aliphatic carbocycles. The van der Waals surface area contributed by atoms with Crippen molar-refractivity contribution in [2.45, 2.75) is 43.8 Å². The minimum absolute atomic E-state index is 0.0508. The number of carbonyl (C=O) groups is 2. The van der Waals surface area contributed by atoms with Crippen LogP contribution < -0.4 is 10.1 Å². The van der Waals surface area contributed by atoms with Gasteiger partial charge in [0.2, 0.25) is 11.8 Å². The maximum Gasteiger partial charge on any atom is 0.231 e. The van der Waals surface area contributed by atoms with Crippen molar-refractivity contribution >= 4 is 17.8 Å². The van der Waals surface area contributed by atoms with Crippen LogP contribution in [0.5, 0.6) is 5.88 Å². The first-order valence-electron chi connectivity index (χ1n) is 11.5. The summed E-state index contributed by atoms with van der Waals surface area (Å²) in [5.74, 6) is -1.53. The van der Waals surface area contributed by atoms with Gasteiger partial charge < -0.3 is 15.2 Å². The molecule has 6 nitrogen and oxygen atoms in total. The minimum atomic E-state index is -0.914. The van der Waals surface area contributed by atoms with Crippen LogP contribution in [0.4, 0.5) is 4.39 Å². The van der Waals surface area contributed by atoms with E-state index in [1.54, 1.807) is 24.4 Å². The molecular weight excluding hydrogens is 423 g/mol. The number of alkyl halides is 1. The third-order valence-corrected chi connectivity index (χ3v) is 6.51. The smallest absolute Gasteiger partial charge is 0.231 e. The highest BCUT2D eigenvalue weighted by molar-refractivity contribution is 6.09. The number of piperidine rings is 1. The number of carbonyl (C=O) groups excluding carboxylic acids is 2. The fourth-order valence-electron chi connectivity index (χ4n) is 4.93. The fraction of sp³-hybridized carbons (Fsp3) is 0.423. The van der Waals surface area contributed by atoms with Crippen LogP contribution in [0.25, 0.3) is 6.08 Å². The van der Waals surface area contributed by atoms with E-state index in [0.717, 1.165) is 5.56 Å². The van der Waals surface area contributed by atoms with Gasteiger partial charge >= 0.3 is 0 Å². The van der Waals surface area contributed by atoms with Gasteiger partial charge in [0.05, 0.1) is 6.61 Å². The molecule has 7 heteroatoms. The second kappa shape index (κ2) is 10.7. The molecule has 1 aliphatic heterocycles. The van der Waals surface area contributed by atoms with Crippen LogP contribution in [0.2, 0.25) is 0 Å². The van der Waals surface area contributed by atoms with Crippen molar-refractivity contribution in [3.63, 3.8) is 0 Å². The number of aromatic nitrogens is 1. The molecule has 1 aromatic carbocycles. The fourth-order valence-corrected chi connectivity index (χ4v) is 4.93. The molecule has 2 aliphatic rings. The number of ether oxygens (including phenoxy) is 1. The van der Waals surface area contributed by atoms with Crippen LogP contribution in [0.3, 0.4) is 0 Å². The Bertz CT molecular complexity index is 980. The molecule has 1 amide bonds. The van der Waals surface area contributed by atoms with Crippen molar-refractivity contribution in [1.29, 1.82) is 0 Å². The maximum absolute atomic E-state index is 14.3. The van der Waals surface area contributed by atoms with Crippen LogP contribution >= 0.6 is 0 Å². The number of nitrogens with one attached hydrogen (secondary N) is 1. The third kappa shape index (κ3) is 5.47. The number of hydrogen-bond donors (Lipinski definition) is 2. The van der Waals surface area contributed by atoms with Crippen LogP contribution in [-0.2, 0) is 9.59 Å². The van der Waals surface area contributed by atoms with Crippen molar-refractivity contribution in [2.75, 3.05) is 13.2 Å². The first-order valence-corrected chi connectivity index (χ1v) is 11.5. The van der Waals surface area contributed by atoms with Crippen molar-refractivity contribution in [2.24, 2.45) is 11.8 Å². The Morgan fingerprint density at radius 1 is 1.21 bits per heavy atom. The molecule has 0 spiro atoms. The van der Waals surface area contributed by atoms with Crippen LogP contribution in [0.1, 0.15) is 42.7 Å². The second-order valence-electron chi connectivity index (χ2n) is 8.69. The Labute approximate surface area is 192 Å². The number of allylic oxidation sites excluding steroid dienone is 1. The number of fused-ring (bicyclic) bond motifs is 1. The molecule has 0 bridgehead atoms. The Hall–Kier alpha value is -3.06. The van der Waals surface area contributed by atoms with E-state index >= 15 is 0 Å². The first kappa shape index (κ1) is 23.1. The topological polar surface area (TPSA) is 88.5 Å². The van der Waals surface area contributed by atoms with E-state index < -0.39 is 12.1 Å². The maximum atomic E-state index is 14.3. The number of pyridine rings is 1. The number of aliphatic hydroxyl groups is 1. The number of halogens is 1. The molecule has 174 valence electrons. The third-order valence-electron chi connectivity index (χ3n) is 6.51. The van der Waals surface area contributed by atoms with Crippen LogP contribution in [-0.4, -0.2) is 47.2 Å². The van der Waals surface area contributed by atoms with E-state index in [2.05, 4.69) is 10.3 Å². The zero-order chi connectivity index (χ0) is 23.2. The van der Waals surface area contributed by atoms with E-state index in [9.17, 15) is 14.0 Å². The Balaban J connectivity index is 1.53. The van der Waals surface area contributed by atoms with Gasteiger partial charge in [-0.1, -0.05) is 30.3 Å². The van der Waals surface area contributed by atoms with E-state index in [0.29, 0.717) is 43.7 Å². The Morgan fingerprint density at radius 3 is 2.76 bits per heavy atom. The quantitative estimate of drug-likeness (QED) is 0.364. The Morgan fingerprint density at radius 2 is 2.03 bits per heavy atom. The van der Waals surface area contributed by atoms with Crippen LogP contribution in [0, 0.1) is 11.8 Å². The number of hydrogen-bond acceptors (Lipinski definition) is 5. The molecule has 5 unspecified atom stereocenters. The number of benzene rings is 1. The monoisotopic (exact) mass is 452 g/mol. The van der Waals surface area contributed by atoms with Gasteiger partial charge in [-0.2, -0.15) is 0 Å². The zero-order valence-electron chi connectivity index (χ0n) is 18.4. The zero-order valence-corrected chi connectivity index (χ0v) is 18.4. The van der Waals surface area contributed by atoms with E-state index in [4.69, 9.17) is 9.84 Å². The normalized spacial score (nSPS) is 27.1. The van der Waals surface area contributed by atoms with E-state index in [1.807, 2.05) is 30.3 Å². The lowest BCUT2D eigenvalue weighted by molar-refractivity contribution is -0.138. The molecular formula is C26H29FN2O4. The van der Waals surface area contributed by atoms with Gasteiger partial charge in [0.1, 0.15) is 12.1 Å². The average Bonchev–Trinajstić information content (AvgIpc) is 2.83. The molecule has 1 saturated carbocycles. The summed E-state index contributed by atoms with van der Waals surface area (Å²) < 4.78 is 19.7. The van der Waals surface area contributed by atoms with Gasteiger partial charge in [-0.05, 0) is 54.5 Å². The van der Waals surface area contributed by atoms with Crippen molar-refractivity contribution < 1.29 is 23.8 Å². The molecule has 1 aromatic heterocycles. The first-order chi connectivity index (χ1) is 16.1. The molecule has 2 aromatic rings. The van der Waals surface area contributed by atoms with Gasteiger partial charge in [-0.3, -0.25) is 9.59 Å².